The third-order valence-electron chi connectivity index (χ3n) is 5.63. The van der Waals surface area contributed by atoms with Crippen molar-refractivity contribution in [3.63, 3.8) is 0 Å². The predicted molar refractivity (Wildman–Crippen MR) is 113 cm³/mol. The number of halogens is 1. The van der Waals surface area contributed by atoms with Gasteiger partial charge in [0.15, 0.2) is 0 Å². The van der Waals surface area contributed by atoms with E-state index < -0.39 is 0 Å². The Bertz CT molecular complexity index is 884. The van der Waals surface area contributed by atoms with Gasteiger partial charge in [0.25, 0.3) is 0 Å². The summed E-state index contributed by atoms with van der Waals surface area (Å²) in [4.78, 5) is 27.7. The van der Waals surface area contributed by atoms with E-state index in [0.29, 0.717) is 32.2 Å². The van der Waals surface area contributed by atoms with E-state index in [4.69, 9.17) is 9.72 Å². The molecule has 7 nitrogen and oxygen atoms in total. The molecule has 0 saturated carbocycles. The lowest BCUT2D eigenvalue weighted by molar-refractivity contribution is -0.133. The quantitative estimate of drug-likeness (QED) is 0.750. The molecule has 2 fully saturated rings. The van der Waals surface area contributed by atoms with Crippen LogP contribution in [0.5, 0.6) is 0 Å². The summed E-state index contributed by atoms with van der Waals surface area (Å²) < 4.78 is 19.5. The molecule has 1 aromatic heterocycles. The Labute approximate surface area is 176 Å². The second kappa shape index (κ2) is 9.06. The average molecular weight is 413 g/mol. The van der Waals surface area contributed by atoms with E-state index in [1.54, 1.807) is 18.3 Å². The van der Waals surface area contributed by atoms with Gasteiger partial charge in [-0.15, -0.1) is 0 Å². The first kappa shape index (κ1) is 20.7. The highest BCUT2D eigenvalue weighted by Gasteiger charge is 2.29. The molecule has 8 heteroatoms. The Morgan fingerprint density at radius 3 is 2.63 bits per heavy atom. The molecule has 0 N–H and O–H groups in total. The zero-order chi connectivity index (χ0) is 21.1. The molecule has 0 radical (unpaired) electrons. The van der Waals surface area contributed by atoms with E-state index >= 15 is 0 Å². The minimum Gasteiger partial charge on any atom is -0.369 e. The smallest absolute Gasteiger partial charge is 0.236 e. The molecule has 1 atom stereocenters. The van der Waals surface area contributed by atoms with Crippen molar-refractivity contribution in [2.45, 2.75) is 18.9 Å². The van der Waals surface area contributed by atoms with Gasteiger partial charge in [0.2, 0.25) is 11.9 Å². The van der Waals surface area contributed by atoms with Crippen molar-refractivity contribution in [3.05, 3.63) is 42.0 Å². The maximum atomic E-state index is 13.4. The highest BCUT2D eigenvalue weighted by Crippen LogP contribution is 2.31. The fraction of sp³-hybridized carbons (Fsp3) is 0.500. The molecular formula is C22H28FN5O2. The van der Waals surface area contributed by atoms with Crippen molar-refractivity contribution >= 4 is 11.9 Å². The van der Waals surface area contributed by atoms with Gasteiger partial charge in [-0.25, -0.2) is 14.4 Å². The van der Waals surface area contributed by atoms with Gasteiger partial charge in [0, 0.05) is 52.0 Å². The summed E-state index contributed by atoms with van der Waals surface area (Å²) in [5.41, 5.74) is 2.42. The number of ether oxygens (including phenoxy) is 1. The Balaban J connectivity index is 1.58. The van der Waals surface area contributed by atoms with Crippen LogP contribution in [0.3, 0.4) is 0 Å². The van der Waals surface area contributed by atoms with Crippen molar-refractivity contribution in [2.75, 3.05) is 58.3 Å². The molecule has 2 aliphatic heterocycles. The number of carbonyl (C=O) groups is 1. The highest BCUT2D eigenvalue weighted by atomic mass is 19.1. The summed E-state index contributed by atoms with van der Waals surface area (Å²) in [5, 5.41) is 0. The van der Waals surface area contributed by atoms with Gasteiger partial charge in [0.1, 0.15) is 11.9 Å². The van der Waals surface area contributed by atoms with Crippen LogP contribution in [0.15, 0.2) is 30.5 Å². The topological polar surface area (TPSA) is 61.8 Å². The highest BCUT2D eigenvalue weighted by molar-refractivity contribution is 5.78. The normalized spacial score (nSPS) is 19.8. The van der Waals surface area contributed by atoms with Gasteiger partial charge in [0.05, 0.1) is 18.8 Å². The van der Waals surface area contributed by atoms with Crippen LogP contribution >= 0.6 is 0 Å². The largest absolute Gasteiger partial charge is 0.369 e. The zero-order valence-corrected chi connectivity index (χ0v) is 17.6. The monoisotopic (exact) mass is 413 g/mol. The maximum Gasteiger partial charge on any atom is 0.236 e. The standard InChI is InChI=1S/C22H28FN5O2/c1-26(2)22-24-13-18(16-5-7-17(23)8-6-16)21(25-22)19-14-27(11-12-30-19)15-20(29)28-9-3-4-10-28/h5-8,13,19H,3-4,9-12,14-15H2,1-2H3. The number of hydrogen-bond acceptors (Lipinski definition) is 6. The number of likely N-dealkylation sites (tertiary alicyclic amines) is 1. The van der Waals surface area contributed by atoms with Gasteiger partial charge in [-0.2, -0.15) is 0 Å². The van der Waals surface area contributed by atoms with Crippen LogP contribution in [0.25, 0.3) is 11.1 Å². The molecule has 1 unspecified atom stereocenters. The van der Waals surface area contributed by atoms with E-state index in [9.17, 15) is 9.18 Å². The van der Waals surface area contributed by atoms with Crippen molar-refractivity contribution in [2.24, 2.45) is 0 Å². The minimum absolute atomic E-state index is 0.184. The number of morpholine rings is 1. The number of benzene rings is 1. The number of hydrogen-bond donors (Lipinski definition) is 0. The number of nitrogens with zero attached hydrogens (tertiary/aromatic N) is 5. The third kappa shape index (κ3) is 4.60. The lowest BCUT2D eigenvalue weighted by atomic mass is 10.0. The van der Waals surface area contributed by atoms with E-state index in [1.807, 2.05) is 23.9 Å². The SMILES string of the molecule is CN(C)c1ncc(-c2ccc(F)cc2)c(C2CN(CC(=O)N3CCCC3)CCO2)n1. The van der Waals surface area contributed by atoms with Crippen LogP contribution in [0.4, 0.5) is 10.3 Å². The van der Waals surface area contributed by atoms with Gasteiger partial charge in [-0.1, -0.05) is 12.1 Å². The molecule has 0 aliphatic carbocycles. The summed E-state index contributed by atoms with van der Waals surface area (Å²) in [5.74, 6) is 0.486. The summed E-state index contributed by atoms with van der Waals surface area (Å²) in [6, 6.07) is 6.32. The van der Waals surface area contributed by atoms with E-state index in [-0.39, 0.29) is 17.8 Å². The van der Waals surface area contributed by atoms with Crippen molar-refractivity contribution in [3.8, 4) is 11.1 Å². The maximum absolute atomic E-state index is 13.4. The molecule has 0 bridgehead atoms. The summed E-state index contributed by atoms with van der Waals surface area (Å²) in [7, 11) is 3.78. The van der Waals surface area contributed by atoms with Crippen molar-refractivity contribution in [1.29, 1.82) is 0 Å². The molecular weight excluding hydrogens is 385 g/mol. The number of anilines is 1. The average Bonchev–Trinajstić information content (AvgIpc) is 3.29. The Hall–Kier alpha value is -2.58. The van der Waals surface area contributed by atoms with Gasteiger partial charge in [-0.3, -0.25) is 9.69 Å². The van der Waals surface area contributed by atoms with E-state index in [2.05, 4.69) is 9.88 Å². The molecule has 0 spiro atoms. The minimum atomic E-state index is -0.286. The summed E-state index contributed by atoms with van der Waals surface area (Å²) in [6.45, 7) is 3.95. The Kier molecular flexibility index (Phi) is 6.24. The fourth-order valence-electron chi connectivity index (χ4n) is 3.97. The summed E-state index contributed by atoms with van der Waals surface area (Å²) in [6.07, 6.45) is 3.66. The molecule has 30 heavy (non-hydrogen) atoms. The molecule has 160 valence electrons. The van der Waals surface area contributed by atoms with Crippen molar-refractivity contribution in [1.82, 2.24) is 19.8 Å². The Morgan fingerprint density at radius 2 is 1.93 bits per heavy atom. The van der Waals surface area contributed by atoms with Crippen LogP contribution in [-0.2, 0) is 9.53 Å². The van der Waals surface area contributed by atoms with Gasteiger partial charge >= 0.3 is 0 Å². The number of carbonyl (C=O) groups excluding carboxylic acids is 1. The second-order valence-electron chi connectivity index (χ2n) is 8.05. The molecule has 3 heterocycles. The molecule has 2 saturated heterocycles. The lowest BCUT2D eigenvalue weighted by Gasteiger charge is -2.34. The van der Waals surface area contributed by atoms with Crippen LogP contribution in [0.2, 0.25) is 0 Å². The third-order valence-corrected chi connectivity index (χ3v) is 5.63. The predicted octanol–water partition coefficient (Wildman–Crippen LogP) is 2.34. The van der Waals surface area contributed by atoms with E-state index in [0.717, 1.165) is 42.8 Å². The van der Waals surface area contributed by atoms with Crippen LogP contribution in [0.1, 0.15) is 24.6 Å². The van der Waals surface area contributed by atoms with E-state index in [1.165, 1.54) is 12.1 Å². The fourth-order valence-corrected chi connectivity index (χ4v) is 3.97. The first-order valence-corrected chi connectivity index (χ1v) is 10.4. The zero-order valence-electron chi connectivity index (χ0n) is 17.6. The van der Waals surface area contributed by atoms with Gasteiger partial charge in [-0.05, 0) is 30.5 Å². The molecule has 4 rings (SSSR count). The van der Waals surface area contributed by atoms with Crippen molar-refractivity contribution < 1.29 is 13.9 Å². The number of aromatic nitrogens is 2. The Morgan fingerprint density at radius 1 is 1.20 bits per heavy atom. The summed E-state index contributed by atoms with van der Waals surface area (Å²) >= 11 is 0. The molecule has 1 amide bonds. The number of rotatable bonds is 5. The molecule has 2 aliphatic rings. The molecule has 1 aromatic carbocycles. The molecule has 2 aromatic rings. The lowest BCUT2D eigenvalue weighted by Crippen LogP contribution is -2.45. The van der Waals surface area contributed by atoms with Crippen LogP contribution in [-0.4, -0.2) is 79.1 Å². The van der Waals surface area contributed by atoms with Gasteiger partial charge < -0.3 is 14.5 Å². The second-order valence-corrected chi connectivity index (χ2v) is 8.05. The first-order chi connectivity index (χ1) is 14.5. The number of amides is 1. The van der Waals surface area contributed by atoms with Crippen LogP contribution in [0, 0.1) is 5.82 Å². The van der Waals surface area contributed by atoms with Crippen LogP contribution < -0.4 is 4.90 Å². The first-order valence-electron chi connectivity index (χ1n) is 10.4.